The average molecular weight is 1150 g/mol. The molecule has 0 bridgehead atoms. The molecule has 0 aliphatic heterocycles. The average Bonchev–Trinajstić information content (AvgIpc) is 3.46. The van der Waals surface area contributed by atoms with Crippen LogP contribution >= 0.6 is 7.82 Å². The fourth-order valence-corrected chi connectivity index (χ4v) is 10.3. The number of unbranched alkanes of at least 4 members (excludes halogenated alkanes) is 34. The molecule has 0 radical (unpaired) electrons. The van der Waals surface area contributed by atoms with Crippen LogP contribution in [0, 0.1) is 0 Å². The van der Waals surface area contributed by atoms with Gasteiger partial charge in [-0.2, -0.15) is 0 Å². The summed E-state index contributed by atoms with van der Waals surface area (Å²) >= 11 is 0. The van der Waals surface area contributed by atoms with Crippen LogP contribution in [-0.4, -0.2) is 49.3 Å². The number of ether oxygens (including phenoxy) is 2. The lowest BCUT2D eigenvalue weighted by molar-refractivity contribution is -0.161. The van der Waals surface area contributed by atoms with E-state index in [-0.39, 0.29) is 38.6 Å². The van der Waals surface area contributed by atoms with Gasteiger partial charge in [0, 0.05) is 19.4 Å². The Hall–Kier alpha value is -3.07. The predicted octanol–water partition coefficient (Wildman–Crippen LogP) is 22.0. The van der Waals surface area contributed by atoms with Crippen molar-refractivity contribution in [2.45, 2.75) is 315 Å². The Labute approximate surface area is 499 Å². The largest absolute Gasteiger partial charge is 0.472 e. The van der Waals surface area contributed by atoms with Crippen molar-refractivity contribution in [2.75, 3.05) is 26.4 Å². The molecule has 0 aromatic heterocycles. The molecule has 9 nitrogen and oxygen atoms in total. The van der Waals surface area contributed by atoms with E-state index in [9.17, 15) is 19.0 Å². The highest BCUT2D eigenvalue weighted by molar-refractivity contribution is 7.47. The molecule has 2 atom stereocenters. The maximum absolute atomic E-state index is 12.7. The van der Waals surface area contributed by atoms with E-state index in [2.05, 4.69) is 111 Å². The van der Waals surface area contributed by atoms with Crippen LogP contribution in [0.4, 0.5) is 0 Å². The fourth-order valence-electron chi connectivity index (χ4n) is 9.50. The van der Waals surface area contributed by atoms with Crippen LogP contribution in [0.25, 0.3) is 0 Å². The summed E-state index contributed by atoms with van der Waals surface area (Å²) in [5, 5.41) is 0. The lowest BCUT2D eigenvalue weighted by Crippen LogP contribution is -2.29. The molecular weight excluding hydrogens is 1030 g/mol. The second kappa shape index (κ2) is 66.1. The number of hydrogen-bond acceptors (Lipinski definition) is 8. The zero-order valence-electron chi connectivity index (χ0n) is 52.5. The van der Waals surface area contributed by atoms with Gasteiger partial charge in [-0.3, -0.25) is 18.6 Å². The number of nitrogens with two attached hydrogens (primary N) is 1. The van der Waals surface area contributed by atoms with Gasteiger partial charge in [-0.1, -0.05) is 297 Å². The van der Waals surface area contributed by atoms with Crippen molar-refractivity contribution in [3.63, 3.8) is 0 Å². The quantitative estimate of drug-likeness (QED) is 0.0264. The molecule has 0 amide bonds. The van der Waals surface area contributed by atoms with E-state index in [1.54, 1.807) is 0 Å². The number of carbonyl (C=O) groups excluding carboxylic acids is 2. The molecule has 0 saturated heterocycles. The number of phosphoric acid groups is 1. The molecule has 10 heteroatoms. The second-order valence-corrected chi connectivity index (χ2v) is 23.8. The van der Waals surface area contributed by atoms with Gasteiger partial charge >= 0.3 is 19.8 Å². The van der Waals surface area contributed by atoms with Gasteiger partial charge in [-0.15, -0.1) is 0 Å². The van der Waals surface area contributed by atoms with Gasteiger partial charge in [-0.25, -0.2) is 4.57 Å². The van der Waals surface area contributed by atoms with Crippen LogP contribution in [-0.2, 0) is 32.7 Å². The van der Waals surface area contributed by atoms with Crippen molar-refractivity contribution in [3.05, 3.63) is 97.2 Å². The fraction of sp³-hybridized carbons (Fsp3) is 0.746. The Morgan fingerprint density at radius 1 is 0.383 bits per heavy atom. The minimum atomic E-state index is -4.40. The van der Waals surface area contributed by atoms with Gasteiger partial charge in [0.25, 0.3) is 0 Å². The number of esters is 2. The molecule has 0 saturated carbocycles. The Balaban J connectivity index is 3.84. The molecule has 0 spiro atoms. The molecule has 0 rings (SSSR count). The minimum absolute atomic E-state index is 0.0497. The Bertz CT molecular complexity index is 1650. The molecule has 0 aromatic carbocycles. The minimum Gasteiger partial charge on any atom is -0.462 e. The monoisotopic (exact) mass is 1150 g/mol. The number of allylic oxidation sites excluding steroid dienone is 16. The summed E-state index contributed by atoms with van der Waals surface area (Å²) < 4.78 is 33.1. The topological polar surface area (TPSA) is 134 Å². The standard InChI is InChI=1S/C71H126NO8P/c1-3-5-7-9-11-13-15-17-19-21-23-25-26-27-28-29-30-31-32-33-34-35-36-37-38-39-40-41-42-44-46-48-50-52-54-56-58-60-62-64-71(74)80-69(68-79-81(75,76)78-66-65-72)67-77-70(73)63-61-59-57-55-53-51-49-47-45-43-24-22-20-18-16-14-12-10-8-6-4-2/h5,7,11,13,16-19,22-25,27-28,45,47,69H,3-4,6,8-10,12,14-15,20-21,26,29-44,46,48-68,72H2,1-2H3,(H,75,76)/b7-5-,13-11-,18-16-,19-17-,24-22-,25-23-,28-27-,47-45-. The van der Waals surface area contributed by atoms with Gasteiger partial charge in [0.2, 0.25) is 0 Å². The maximum Gasteiger partial charge on any atom is 0.472 e. The Morgan fingerprint density at radius 3 is 1.01 bits per heavy atom. The molecule has 3 N–H and O–H groups in total. The van der Waals surface area contributed by atoms with Gasteiger partial charge < -0.3 is 20.1 Å². The Kier molecular flexibility index (Phi) is 63.6. The van der Waals surface area contributed by atoms with Crippen LogP contribution in [0.2, 0.25) is 0 Å². The highest BCUT2D eigenvalue weighted by Crippen LogP contribution is 2.43. The number of hydrogen-bond donors (Lipinski definition) is 2. The maximum atomic E-state index is 12.7. The summed E-state index contributed by atoms with van der Waals surface area (Å²) in [5.41, 5.74) is 5.39. The van der Waals surface area contributed by atoms with Crippen LogP contribution < -0.4 is 5.73 Å². The number of phosphoric ester groups is 1. The first-order valence-corrected chi connectivity index (χ1v) is 35.2. The van der Waals surface area contributed by atoms with Gasteiger partial charge in [-0.05, 0) is 96.3 Å². The summed E-state index contributed by atoms with van der Waals surface area (Å²) in [5.74, 6) is -0.833. The van der Waals surface area contributed by atoms with Crippen LogP contribution in [0.1, 0.15) is 309 Å². The third kappa shape index (κ3) is 65.9. The number of carbonyl (C=O) groups is 2. The molecule has 0 aliphatic carbocycles. The summed E-state index contributed by atoms with van der Waals surface area (Å²) in [6.07, 6.45) is 89.3. The highest BCUT2D eigenvalue weighted by atomic mass is 31.2. The summed E-state index contributed by atoms with van der Waals surface area (Å²) in [7, 11) is -4.40. The van der Waals surface area contributed by atoms with E-state index in [1.807, 2.05) is 0 Å². The first-order valence-electron chi connectivity index (χ1n) is 33.7. The molecule has 81 heavy (non-hydrogen) atoms. The Morgan fingerprint density at radius 2 is 0.679 bits per heavy atom. The van der Waals surface area contributed by atoms with E-state index in [1.165, 1.54) is 180 Å². The van der Waals surface area contributed by atoms with Gasteiger partial charge in [0.15, 0.2) is 6.10 Å². The zero-order valence-corrected chi connectivity index (χ0v) is 53.4. The van der Waals surface area contributed by atoms with E-state index in [0.717, 1.165) is 96.3 Å². The smallest absolute Gasteiger partial charge is 0.462 e. The van der Waals surface area contributed by atoms with Gasteiger partial charge in [0.05, 0.1) is 13.2 Å². The van der Waals surface area contributed by atoms with Crippen LogP contribution in [0.15, 0.2) is 97.2 Å². The third-order valence-electron chi connectivity index (χ3n) is 14.5. The van der Waals surface area contributed by atoms with Crippen molar-refractivity contribution in [3.8, 4) is 0 Å². The molecule has 468 valence electrons. The van der Waals surface area contributed by atoms with Crippen molar-refractivity contribution in [1.29, 1.82) is 0 Å². The molecular formula is C71H126NO8P. The van der Waals surface area contributed by atoms with E-state index in [4.69, 9.17) is 24.3 Å². The van der Waals surface area contributed by atoms with Crippen molar-refractivity contribution < 1.29 is 37.6 Å². The van der Waals surface area contributed by atoms with Gasteiger partial charge in [0.1, 0.15) is 6.61 Å². The third-order valence-corrected chi connectivity index (χ3v) is 15.4. The highest BCUT2D eigenvalue weighted by Gasteiger charge is 2.26. The molecule has 0 aromatic rings. The molecule has 0 aliphatic rings. The zero-order chi connectivity index (χ0) is 58.7. The van der Waals surface area contributed by atoms with E-state index >= 15 is 0 Å². The van der Waals surface area contributed by atoms with E-state index in [0.29, 0.717) is 6.42 Å². The number of rotatable bonds is 63. The lowest BCUT2D eigenvalue weighted by atomic mass is 10.0. The molecule has 0 fully saturated rings. The summed E-state index contributed by atoms with van der Waals surface area (Å²) in [4.78, 5) is 35.3. The first-order chi connectivity index (χ1) is 39.8. The van der Waals surface area contributed by atoms with Crippen LogP contribution in [0.3, 0.4) is 0 Å². The summed E-state index contributed by atoms with van der Waals surface area (Å²) in [6, 6.07) is 0. The molecule has 0 heterocycles. The van der Waals surface area contributed by atoms with Crippen molar-refractivity contribution in [2.24, 2.45) is 5.73 Å². The normalized spacial score (nSPS) is 13.6. The predicted molar refractivity (Wildman–Crippen MR) is 348 cm³/mol. The van der Waals surface area contributed by atoms with Crippen molar-refractivity contribution in [1.82, 2.24) is 0 Å². The van der Waals surface area contributed by atoms with E-state index < -0.39 is 26.5 Å². The van der Waals surface area contributed by atoms with Crippen LogP contribution in [0.5, 0.6) is 0 Å². The first kappa shape index (κ1) is 77.9. The molecule has 2 unspecified atom stereocenters. The van der Waals surface area contributed by atoms with Crippen molar-refractivity contribution >= 4 is 19.8 Å². The second-order valence-electron chi connectivity index (χ2n) is 22.3. The SMILES string of the molecule is CC/C=C\C/C=C\C/C=C\C/C=C\C/C=C\CCCCCCCCCCCCCCCCCCCCCCCCCC(=O)OC(COC(=O)CCCCCCCC/C=C\C/C=C\C/C=C\CCCCCCC)COP(=O)(O)OCCN. The summed E-state index contributed by atoms with van der Waals surface area (Å²) in [6.45, 7) is 3.63. The lowest BCUT2D eigenvalue weighted by Gasteiger charge is -2.19.